The fraction of sp³-hybridized carbons (Fsp3) is 0.118. The summed E-state index contributed by atoms with van der Waals surface area (Å²) in [6.45, 7) is -0.319. The van der Waals surface area contributed by atoms with Crippen molar-refractivity contribution in [2.45, 2.75) is 0 Å². The number of ether oxygens (including phenoxy) is 3. The largest absolute Gasteiger partial charge is 0.493 e. The van der Waals surface area contributed by atoms with Crippen LogP contribution in [0.4, 0.5) is 0 Å². The van der Waals surface area contributed by atoms with Crippen molar-refractivity contribution >= 4 is 39.6 Å². The zero-order valence-electron chi connectivity index (χ0n) is 13.5. The van der Waals surface area contributed by atoms with Gasteiger partial charge in [-0.1, -0.05) is 11.6 Å². The van der Waals surface area contributed by atoms with E-state index in [9.17, 15) is 14.9 Å². The lowest BCUT2D eigenvalue weighted by atomic mass is 10.2. The molecule has 26 heavy (non-hydrogen) atoms. The van der Waals surface area contributed by atoms with Crippen LogP contribution in [0, 0.1) is 10.1 Å². The molecule has 7 nitrogen and oxygen atoms in total. The molecular formula is C17H13BrClNO6. The summed E-state index contributed by atoms with van der Waals surface area (Å²) in [7, 11) is 1.39. The van der Waals surface area contributed by atoms with Gasteiger partial charge in [-0.15, -0.1) is 0 Å². The van der Waals surface area contributed by atoms with Crippen molar-refractivity contribution in [1.29, 1.82) is 0 Å². The van der Waals surface area contributed by atoms with Crippen LogP contribution in [0.1, 0.15) is 5.56 Å². The average molecular weight is 443 g/mol. The van der Waals surface area contributed by atoms with E-state index >= 15 is 0 Å². The van der Waals surface area contributed by atoms with Gasteiger partial charge in [0.05, 0.1) is 16.5 Å². The summed E-state index contributed by atoms with van der Waals surface area (Å²) in [5.41, 5.74) is 0.502. The Morgan fingerprint density at radius 2 is 2.00 bits per heavy atom. The number of benzene rings is 2. The minimum absolute atomic E-state index is 0.149. The van der Waals surface area contributed by atoms with Gasteiger partial charge in [-0.2, -0.15) is 0 Å². The predicted molar refractivity (Wildman–Crippen MR) is 99.3 cm³/mol. The first-order valence-electron chi connectivity index (χ1n) is 7.17. The van der Waals surface area contributed by atoms with Gasteiger partial charge in [-0.3, -0.25) is 10.1 Å². The smallest absolute Gasteiger partial charge is 0.349 e. The third-order valence-corrected chi connectivity index (χ3v) is 3.87. The second-order valence-electron chi connectivity index (χ2n) is 4.85. The highest BCUT2D eigenvalue weighted by atomic mass is 79.9. The number of rotatable bonds is 7. The van der Waals surface area contributed by atoms with E-state index in [0.717, 1.165) is 6.20 Å². The summed E-state index contributed by atoms with van der Waals surface area (Å²) in [5, 5.41) is 11.0. The van der Waals surface area contributed by atoms with Crippen LogP contribution >= 0.6 is 27.5 Å². The highest BCUT2D eigenvalue weighted by molar-refractivity contribution is 9.10. The number of nitrogens with zero attached hydrogens (tertiary/aromatic N) is 1. The van der Waals surface area contributed by atoms with Gasteiger partial charge in [0.25, 0.3) is 0 Å². The molecule has 0 amide bonds. The van der Waals surface area contributed by atoms with Crippen LogP contribution in [0.15, 0.2) is 47.1 Å². The van der Waals surface area contributed by atoms with Crippen molar-refractivity contribution in [1.82, 2.24) is 0 Å². The Hall–Kier alpha value is -2.58. The van der Waals surface area contributed by atoms with Gasteiger partial charge in [0, 0.05) is 11.1 Å². The number of halogens is 2. The van der Waals surface area contributed by atoms with Crippen molar-refractivity contribution in [2.75, 3.05) is 13.7 Å². The van der Waals surface area contributed by atoms with Crippen molar-refractivity contribution in [2.24, 2.45) is 0 Å². The first-order chi connectivity index (χ1) is 12.4. The fourth-order valence-electron chi connectivity index (χ4n) is 1.90. The van der Waals surface area contributed by atoms with Crippen LogP contribution in [0.25, 0.3) is 6.08 Å². The van der Waals surface area contributed by atoms with Gasteiger partial charge in [0.2, 0.25) is 6.20 Å². The van der Waals surface area contributed by atoms with Crippen LogP contribution in [0.2, 0.25) is 5.02 Å². The van der Waals surface area contributed by atoms with Gasteiger partial charge >= 0.3 is 5.97 Å². The monoisotopic (exact) mass is 441 g/mol. The zero-order valence-corrected chi connectivity index (χ0v) is 15.8. The Morgan fingerprint density at radius 3 is 2.62 bits per heavy atom. The maximum absolute atomic E-state index is 12.0. The number of hydrogen-bond donors (Lipinski definition) is 0. The van der Waals surface area contributed by atoms with E-state index in [2.05, 4.69) is 15.9 Å². The van der Waals surface area contributed by atoms with Crippen LogP contribution in [-0.4, -0.2) is 24.6 Å². The molecule has 0 aliphatic rings. The number of esters is 1. The zero-order chi connectivity index (χ0) is 19.1. The van der Waals surface area contributed by atoms with Crippen molar-refractivity contribution in [3.8, 4) is 17.2 Å². The highest BCUT2D eigenvalue weighted by Crippen LogP contribution is 2.37. The van der Waals surface area contributed by atoms with E-state index in [0.29, 0.717) is 20.8 Å². The topological polar surface area (TPSA) is 87.9 Å². The van der Waals surface area contributed by atoms with Crippen LogP contribution in [0.3, 0.4) is 0 Å². The maximum Gasteiger partial charge on any atom is 0.349 e. The highest BCUT2D eigenvalue weighted by Gasteiger charge is 2.16. The molecule has 0 aliphatic carbocycles. The molecule has 0 unspecified atom stereocenters. The van der Waals surface area contributed by atoms with E-state index in [1.807, 2.05) is 0 Å². The summed E-state index contributed by atoms with van der Waals surface area (Å²) >= 11 is 9.04. The molecule has 0 bridgehead atoms. The Labute approximate surface area is 162 Å². The standard InChI is InChI=1S/C17H13BrClNO6/c1-24-15-9-11(6-7-20(22)23)8-14(18)17(15)26-16(21)10-25-13-4-2-12(19)3-5-13/h2-9H,10H2,1H3. The molecule has 2 rings (SSSR count). The third kappa shape index (κ3) is 5.75. The summed E-state index contributed by atoms with van der Waals surface area (Å²) in [6.07, 6.45) is 2.09. The van der Waals surface area contributed by atoms with Gasteiger partial charge < -0.3 is 14.2 Å². The number of hydrogen-bond acceptors (Lipinski definition) is 6. The van der Waals surface area contributed by atoms with Gasteiger partial charge in [0.15, 0.2) is 18.1 Å². The van der Waals surface area contributed by atoms with E-state index in [1.54, 1.807) is 30.3 Å². The van der Waals surface area contributed by atoms with E-state index in [-0.39, 0.29) is 18.1 Å². The van der Waals surface area contributed by atoms with Crippen molar-refractivity contribution < 1.29 is 23.9 Å². The molecule has 2 aromatic carbocycles. The molecule has 0 fully saturated rings. The maximum atomic E-state index is 12.0. The molecule has 0 aromatic heterocycles. The van der Waals surface area contributed by atoms with Gasteiger partial charge in [0.1, 0.15) is 5.75 Å². The molecule has 0 heterocycles. The average Bonchev–Trinajstić information content (AvgIpc) is 2.61. The Kier molecular flexibility index (Phi) is 6.99. The third-order valence-electron chi connectivity index (χ3n) is 3.03. The second-order valence-corrected chi connectivity index (χ2v) is 6.14. The van der Waals surface area contributed by atoms with E-state index in [1.165, 1.54) is 19.3 Å². The molecule has 136 valence electrons. The van der Waals surface area contributed by atoms with E-state index < -0.39 is 10.9 Å². The SMILES string of the molecule is COc1cc(C=C[N+](=O)[O-])cc(Br)c1OC(=O)COc1ccc(Cl)cc1. The van der Waals surface area contributed by atoms with Crippen molar-refractivity contribution in [3.63, 3.8) is 0 Å². The summed E-state index contributed by atoms with van der Waals surface area (Å²) in [4.78, 5) is 21.9. The molecule has 0 radical (unpaired) electrons. The molecule has 0 atom stereocenters. The summed E-state index contributed by atoms with van der Waals surface area (Å²) in [6, 6.07) is 9.60. The summed E-state index contributed by atoms with van der Waals surface area (Å²) in [5.74, 6) is 0.211. The Balaban J connectivity index is 2.08. The number of carbonyl (C=O) groups excluding carboxylic acids is 1. The molecule has 2 aromatic rings. The fourth-order valence-corrected chi connectivity index (χ4v) is 2.57. The van der Waals surface area contributed by atoms with Gasteiger partial charge in [-0.05, 0) is 57.9 Å². The molecule has 0 spiro atoms. The van der Waals surface area contributed by atoms with Gasteiger partial charge in [-0.25, -0.2) is 4.79 Å². The first kappa shape index (κ1) is 19.7. The van der Waals surface area contributed by atoms with E-state index in [4.69, 9.17) is 25.8 Å². The number of carbonyl (C=O) groups is 1. The lowest BCUT2D eigenvalue weighted by Crippen LogP contribution is -2.18. The molecule has 0 saturated heterocycles. The molecular weight excluding hydrogens is 430 g/mol. The van der Waals surface area contributed by atoms with Crippen LogP contribution < -0.4 is 14.2 Å². The Morgan fingerprint density at radius 1 is 1.31 bits per heavy atom. The molecule has 0 N–H and O–H groups in total. The normalized spacial score (nSPS) is 10.6. The minimum atomic E-state index is -0.646. The molecule has 0 aliphatic heterocycles. The molecule has 9 heteroatoms. The molecule has 0 saturated carbocycles. The quantitative estimate of drug-likeness (QED) is 0.274. The van der Waals surface area contributed by atoms with Crippen LogP contribution in [-0.2, 0) is 4.79 Å². The number of methoxy groups -OCH3 is 1. The second kappa shape index (κ2) is 9.21. The lowest BCUT2D eigenvalue weighted by molar-refractivity contribution is -0.400. The van der Waals surface area contributed by atoms with Crippen molar-refractivity contribution in [3.05, 3.63) is 67.8 Å². The minimum Gasteiger partial charge on any atom is -0.493 e. The lowest BCUT2D eigenvalue weighted by Gasteiger charge is -2.12. The Bertz CT molecular complexity index is 838. The summed E-state index contributed by atoms with van der Waals surface area (Å²) < 4.78 is 16.2. The predicted octanol–water partition coefficient (Wildman–Crippen LogP) is 4.34. The van der Waals surface area contributed by atoms with Crippen LogP contribution in [0.5, 0.6) is 17.2 Å². The first-order valence-corrected chi connectivity index (χ1v) is 8.34. The number of nitro groups is 1.